The van der Waals surface area contributed by atoms with Gasteiger partial charge in [-0.2, -0.15) is 4.98 Å². The van der Waals surface area contributed by atoms with Gasteiger partial charge >= 0.3 is 0 Å². The van der Waals surface area contributed by atoms with E-state index in [2.05, 4.69) is 15.3 Å². The molecule has 1 heterocycles. The minimum absolute atomic E-state index is 0.551. The highest BCUT2D eigenvalue weighted by molar-refractivity contribution is 5.61. The van der Waals surface area contributed by atoms with Gasteiger partial charge in [-0.05, 0) is 42.5 Å². The zero-order chi connectivity index (χ0) is 16.1. The average molecular weight is 306 g/mol. The topological polar surface area (TPSA) is 50.3 Å². The molecule has 0 amide bonds. The molecular formula is C18H18N4O. The van der Waals surface area contributed by atoms with Crippen LogP contribution in [0.1, 0.15) is 0 Å². The maximum atomic E-state index is 5.15. The van der Waals surface area contributed by atoms with Gasteiger partial charge in [-0.3, -0.25) is 0 Å². The number of hydrogen-bond donors (Lipinski definition) is 1. The number of rotatable bonds is 5. The summed E-state index contributed by atoms with van der Waals surface area (Å²) in [6.45, 7) is 0. The van der Waals surface area contributed by atoms with Crippen LogP contribution in [0.25, 0.3) is 0 Å². The summed E-state index contributed by atoms with van der Waals surface area (Å²) in [5.41, 5.74) is 1.98. The third kappa shape index (κ3) is 3.58. The van der Waals surface area contributed by atoms with E-state index >= 15 is 0 Å². The lowest BCUT2D eigenvalue weighted by atomic mass is 10.3. The molecule has 1 N–H and O–H groups in total. The zero-order valence-corrected chi connectivity index (χ0v) is 13.1. The molecule has 0 aliphatic heterocycles. The Bertz CT molecular complexity index is 759. The van der Waals surface area contributed by atoms with Crippen LogP contribution in [0.15, 0.2) is 66.9 Å². The van der Waals surface area contributed by atoms with Gasteiger partial charge in [0.15, 0.2) is 0 Å². The number of methoxy groups -OCH3 is 1. The van der Waals surface area contributed by atoms with Crippen molar-refractivity contribution in [3.05, 3.63) is 66.9 Å². The van der Waals surface area contributed by atoms with Gasteiger partial charge in [0.1, 0.15) is 11.6 Å². The van der Waals surface area contributed by atoms with Crippen LogP contribution in [-0.4, -0.2) is 24.1 Å². The van der Waals surface area contributed by atoms with Crippen LogP contribution in [0, 0.1) is 0 Å². The van der Waals surface area contributed by atoms with Gasteiger partial charge in [-0.15, -0.1) is 0 Å². The van der Waals surface area contributed by atoms with E-state index in [1.54, 1.807) is 13.3 Å². The molecule has 0 fully saturated rings. The molecule has 2 aromatic carbocycles. The summed E-state index contributed by atoms with van der Waals surface area (Å²) in [7, 11) is 3.63. The Morgan fingerprint density at radius 3 is 2.39 bits per heavy atom. The van der Waals surface area contributed by atoms with Gasteiger partial charge < -0.3 is 15.0 Å². The Kier molecular flexibility index (Phi) is 4.38. The predicted octanol–water partition coefficient (Wildman–Crippen LogP) is 4.00. The molecule has 3 rings (SSSR count). The molecule has 0 saturated heterocycles. The number of para-hydroxylation sites is 1. The first-order valence-corrected chi connectivity index (χ1v) is 7.29. The van der Waals surface area contributed by atoms with Gasteiger partial charge in [0.05, 0.1) is 7.11 Å². The monoisotopic (exact) mass is 306 g/mol. The van der Waals surface area contributed by atoms with E-state index in [1.807, 2.05) is 72.6 Å². The maximum Gasteiger partial charge on any atom is 0.229 e. The molecule has 0 spiro atoms. The maximum absolute atomic E-state index is 5.15. The minimum atomic E-state index is 0.551. The Hall–Kier alpha value is -3.08. The normalized spacial score (nSPS) is 10.2. The number of anilines is 4. The van der Waals surface area contributed by atoms with Crippen LogP contribution >= 0.6 is 0 Å². The van der Waals surface area contributed by atoms with E-state index < -0.39 is 0 Å². The molecule has 0 saturated carbocycles. The van der Waals surface area contributed by atoms with Crippen molar-refractivity contribution >= 4 is 23.1 Å². The lowest BCUT2D eigenvalue weighted by Crippen LogP contribution is -2.12. The predicted molar refractivity (Wildman–Crippen MR) is 92.8 cm³/mol. The fourth-order valence-corrected chi connectivity index (χ4v) is 2.18. The molecule has 1 aromatic heterocycles. The number of hydrogen-bond acceptors (Lipinski definition) is 5. The summed E-state index contributed by atoms with van der Waals surface area (Å²) >= 11 is 0. The van der Waals surface area contributed by atoms with Crippen molar-refractivity contribution < 1.29 is 4.74 Å². The first kappa shape index (κ1) is 14.8. The molecule has 0 bridgehead atoms. The highest BCUT2D eigenvalue weighted by Gasteiger charge is 2.06. The van der Waals surface area contributed by atoms with Crippen molar-refractivity contribution in [3.8, 4) is 5.75 Å². The quantitative estimate of drug-likeness (QED) is 0.772. The van der Waals surface area contributed by atoms with Crippen LogP contribution in [-0.2, 0) is 0 Å². The van der Waals surface area contributed by atoms with E-state index in [1.165, 1.54) is 0 Å². The second-order valence-corrected chi connectivity index (χ2v) is 4.99. The first-order chi connectivity index (χ1) is 11.3. The van der Waals surface area contributed by atoms with Crippen molar-refractivity contribution in [2.24, 2.45) is 0 Å². The number of nitrogens with one attached hydrogen (secondary N) is 1. The number of ether oxygens (including phenoxy) is 1. The molecule has 0 aliphatic carbocycles. The summed E-state index contributed by atoms with van der Waals surface area (Å²) in [5, 5.41) is 3.20. The summed E-state index contributed by atoms with van der Waals surface area (Å²) in [5.74, 6) is 2.19. The molecule has 116 valence electrons. The lowest BCUT2D eigenvalue weighted by Gasteiger charge is -2.18. The summed E-state index contributed by atoms with van der Waals surface area (Å²) in [6.07, 6.45) is 1.74. The fourth-order valence-electron chi connectivity index (χ4n) is 2.18. The van der Waals surface area contributed by atoms with Gasteiger partial charge in [0, 0.05) is 24.6 Å². The Morgan fingerprint density at radius 2 is 1.70 bits per heavy atom. The molecule has 5 nitrogen and oxygen atoms in total. The van der Waals surface area contributed by atoms with E-state index in [-0.39, 0.29) is 0 Å². The average Bonchev–Trinajstić information content (AvgIpc) is 2.63. The van der Waals surface area contributed by atoms with Crippen molar-refractivity contribution in [2.75, 3.05) is 24.4 Å². The second-order valence-electron chi connectivity index (χ2n) is 4.99. The number of aromatic nitrogens is 2. The van der Waals surface area contributed by atoms with Crippen LogP contribution < -0.4 is 15.0 Å². The van der Waals surface area contributed by atoms with Crippen molar-refractivity contribution in [3.63, 3.8) is 0 Å². The fraction of sp³-hybridized carbons (Fsp3) is 0.111. The standard InChI is InChI=1S/C18H18N4O/c1-22(15-6-4-3-5-7-15)17-12-13-19-18(21-17)20-14-8-10-16(23-2)11-9-14/h3-13H,1-2H3,(H,19,20,21). The first-order valence-electron chi connectivity index (χ1n) is 7.29. The van der Waals surface area contributed by atoms with Crippen LogP contribution in [0.4, 0.5) is 23.1 Å². The molecule has 5 heteroatoms. The summed E-state index contributed by atoms with van der Waals surface area (Å²) < 4.78 is 5.15. The van der Waals surface area contributed by atoms with E-state index in [0.29, 0.717) is 5.95 Å². The van der Waals surface area contributed by atoms with E-state index in [9.17, 15) is 0 Å². The van der Waals surface area contributed by atoms with Gasteiger partial charge in [0.25, 0.3) is 0 Å². The minimum Gasteiger partial charge on any atom is -0.497 e. The lowest BCUT2D eigenvalue weighted by molar-refractivity contribution is 0.415. The van der Waals surface area contributed by atoms with Crippen molar-refractivity contribution in [1.82, 2.24) is 9.97 Å². The molecule has 0 unspecified atom stereocenters. The highest BCUT2D eigenvalue weighted by Crippen LogP contribution is 2.23. The number of nitrogens with zero attached hydrogens (tertiary/aromatic N) is 3. The van der Waals surface area contributed by atoms with Gasteiger partial charge in [-0.1, -0.05) is 18.2 Å². The Morgan fingerprint density at radius 1 is 0.957 bits per heavy atom. The van der Waals surface area contributed by atoms with Crippen molar-refractivity contribution in [1.29, 1.82) is 0 Å². The molecule has 0 aliphatic rings. The van der Waals surface area contributed by atoms with Gasteiger partial charge in [0.2, 0.25) is 5.95 Å². The smallest absolute Gasteiger partial charge is 0.229 e. The SMILES string of the molecule is COc1ccc(Nc2nccc(N(C)c3ccccc3)n2)cc1. The molecule has 0 atom stereocenters. The van der Waals surface area contributed by atoms with Crippen LogP contribution in [0.2, 0.25) is 0 Å². The van der Waals surface area contributed by atoms with Crippen molar-refractivity contribution in [2.45, 2.75) is 0 Å². The Balaban J connectivity index is 1.79. The summed E-state index contributed by atoms with van der Waals surface area (Å²) in [4.78, 5) is 10.8. The Labute approximate surface area is 135 Å². The third-order valence-electron chi connectivity index (χ3n) is 3.47. The third-order valence-corrected chi connectivity index (χ3v) is 3.47. The molecule has 23 heavy (non-hydrogen) atoms. The molecule has 0 radical (unpaired) electrons. The largest absolute Gasteiger partial charge is 0.497 e. The number of benzene rings is 2. The second kappa shape index (κ2) is 6.79. The zero-order valence-electron chi connectivity index (χ0n) is 13.1. The summed E-state index contributed by atoms with van der Waals surface area (Å²) in [6, 6.07) is 19.6. The highest BCUT2D eigenvalue weighted by atomic mass is 16.5. The van der Waals surface area contributed by atoms with Gasteiger partial charge in [-0.25, -0.2) is 4.98 Å². The molecule has 3 aromatic rings. The van der Waals surface area contributed by atoms with E-state index in [0.717, 1.165) is 22.9 Å². The van der Waals surface area contributed by atoms with Crippen LogP contribution in [0.5, 0.6) is 5.75 Å². The molecular weight excluding hydrogens is 288 g/mol. The van der Waals surface area contributed by atoms with Crippen LogP contribution in [0.3, 0.4) is 0 Å². The van der Waals surface area contributed by atoms with E-state index in [4.69, 9.17) is 4.74 Å².